The SMILES string of the molecule is NC1CCC(N(c2ccc(I)cn2)c2cnc(Cl)cn2)C1. The molecule has 0 bridgehead atoms. The number of nitrogens with zero attached hydrogens (tertiary/aromatic N) is 4. The molecule has 1 aliphatic rings. The summed E-state index contributed by atoms with van der Waals surface area (Å²) in [5, 5.41) is 0.386. The molecule has 2 heterocycles. The van der Waals surface area contributed by atoms with Gasteiger partial charge in [0.15, 0.2) is 5.82 Å². The van der Waals surface area contributed by atoms with Crippen molar-refractivity contribution in [3.8, 4) is 0 Å². The van der Waals surface area contributed by atoms with Crippen molar-refractivity contribution in [3.05, 3.63) is 39.4 Å². The lowest BCUT2D eigenvalue weighted by molar-refractivity contribution is 0.640. The van der Waals surface area contributed by atoms with Gasteiger partial charge in [0.05, 0.1) is 12.4 Å². The Balaban J connectivity index is 1.98. The fourth-order valence-corrected chi connectivity index (χ4v) is 3.07. The molecule has 0 aliphatic heterocycles. The molecule has 0 spiro atoms. The minimum atomic E-state index is 0.238. The maximum absolute atomic E-state index is 6.06. The molecule has 0 saturated heterocycles. The Labute approximate surface area is 142 Å². The van der Waals surface area contributed by atoms with Crippen molar-refractivity contribution in [1.82, 2.24) is 15.0 Å². The fraction of sp³-hybridized carbons (Fsp3) is 0.357. The Morgan fingerprint density at radius 3 is 2.48 bits per heavy atom. The molecular formula is C14H15ClIN5. The Hall–Kier alpha value is -0.990. The molecule has 2 N–H and O–H groups in total. The molecule has 0 radical (unpaired) electrons. The van der Waals surface area contributed by atoms with Crippen LogP contribution in [-0.4, -0.2) is 27.0 Å². The van der Waals surface area contributed by atoms with E-state index in [4.69, 9.17) is 17.3 Å². The highest BCUT2D eigenvalue weighted by Crippen LogP contribution is 2.32. The molecule has 0 amide bonds. The maximum Gasteiger partial charge on any atom is 0.153 e. The standard InChI is InChI=1S/C14H15ClIN5/c15-12-7-20-14(8-18-12)21(11-3-2-10(17)5-11)13-4-1-9(16)6-19-13/h1,4,6-8,10-11H,2-3,5,17H2. The van der Waals surface area contributed by atoms with E-state index in [0.29, 0.717) is 11.2 Å². The first-order valence-corrected chi connectivity index (χ1v) is 8.23. The summed E-state index contributed by atoms with van der Waals surface area (Å²) < 4.78 is 1.10. The quantitative estimate of drug-likeness (QED) is 0.780. The first kappa shape index (κ1) is 14.9. The van der Waals surface area contributed by atoms with Crippen LogP contribution in [0.25, 0.3) is 0 Å². The molecule has 2 aromatic heterocycles. The largest absolute Gasteiger partial charge is 0.328 e. The molecule has 3 rings (SSSR count). The minimum Gasteiger partial charge on any atom is -0.328 e. The van der Waals surface area contributed by atoms with E-state index in [9.17, 15) is 0 Å². The van der Waals surface area contributed by atoms with Crippen LogP contribution in [0.15, 0.2) is 30.7 Å². The van der Waals surface area contributed by atoms with Crippen LogP contribution in [0.2, 0.25) is 5.15 Å². The van der Waals surface area contributed by atoms with E-state index >= 15 is 0 Å². The Kier molecular flexibility index (Phi) is 4.56. The van der Waals surface area contributed by atoms with Crippen molar-refractivity contribution >= 4 is 45.8 Å². The number of aromatic nitrogens is 3. The van der Waals surface area contributed by atoms with Crippen LogP contribution < -0.4 is 10.6 Å². The van der Waals surface area contributed by atoms with Gasteiger partial charge in [-0.1, -0.05) is 11.6 Å². The predicted molar refractivity (Wildman–Crippen MR) is 91.7 cm³/mol. The van der Waals surface area contributed by atoms with Crippen molar-refractivity contribution in [2.75, 3.05) is 4.90 Å². The van der Waals surface area contributed by atoms with Crippen molar-refractivity contribution in [3.63, 3.8) is 0 Å². The zero-order valence-electron chi connectivity index (χ0n) is 11.3. The van der Waals surface area contributed by atoms with Crippen LogP contribution in [0.4, 0.5) is 11.6 Å². The van der Waals surface area contributed by atoms with Gasteiger partial charge in [0, 0.05) is 21.9 Å². The highest BCUT2D eigenvalue weighted by atomic mass is 127. The van der Waals surface area contributed by atoms with Crippen molar-refractivity contribution < 1.29 is 0 Å². The van der Waals surface area contributed by atoms with Gasteiger partial charge in [-0.05, 0) is 54.0 Å². The van der Waals surface area contributed by atoms with E-state index in [1.807, 2.05) is 18.3 Å². The number of anilines is 2. The van der Waals surface area contributed by atoms with Crippen molar-refractivity contribution in [2.24, 2.45) is 5.73 Å². The molecule has 5 nitrogen and oxygen atoms in total. The molecule has 2 aromatic rings. The molecule has 2 unspecified atom stereocenters. The smallest absolute Gasteiger partial charge is 0.153 e. The molecule has 0 aromatic carbocycles. The van der Waals surface area contributed by atoms with Gasteiger partial charge in [0.1, 0.15) is 11.0 Å². The lowest BCUT2D eigenvalue weighted by Gasteiger charge is -2.29. The second-order valence-electron chi connectivity index (χ2n) is 5.13. The van der Waals surface area contributed by atoms with Gasteiger partial charge in [-0.3, -0.25) is 0 Å². The molecule has 1 saturated carbocycles. The third-order valence-corrected chi connectivity index (χ3v) is 4.46. The summed E-state index contributed by atoms with van der Waals surface area (Å²) in [4.78, 5) is 15.2. The van der Waals surface area contributed by atoms with E-state index < -0.39 is 0 Å². The molecule has 2 atom stereocenters. The highest BCUT2D eigenvalue weighted by molar-refractivity contribution is 14.1. The topological polar surface area (TPSA) is 67.9 Å². The van der Waals surface area contributed by atoms with Crippen LogP contribution >= 0.6 is 34.2 Å². The van der Waals surface area contributed by atoms with Gasteiger partial charge in [0.25, 0.3) is 0 Å². The summed E-state index contributed by atoms with van der Waals surface area (Å²) in [5.74, 6) is 1.62. The van der Waals surface area contributed by atoms with Crippen molar-refractivity contribution in [1.29, 1.82) is 0 Å². The van der Waals surface area contributed by atoms with Gasteiger partial charge >= 0.3 is 0 Å². The van der Waals surface area contributed by atoms with Crippen LogP contribution in [0.3, 0.4) is 0 Å². The lowest BCUT2D eigenvalue weighted by atomic mass is 10.2. The van der Waals surface area contributed by atoms with E-state index in [2.05, 4.69) is 42.4 Å². The number of hydrogen-bond acceptors (Lipinski definition) is 5. The second kappa shape index (κ2) is 6.41. The number of nitrogens with two attached hydrogens (primary N) is 1. The summed E-state index contributed by atoms with van der Waals surface area (Å²) >= 11 is 8.08. The van der Waals surface area contributed by atoms with Crippen LogP contribution in [-0.2, 0) is 0 Å². The lowest BCUT2D eigenvalue weighted by Crippen LogP contribution is -2.32. The summed E-state index contributed by atoms with van der Waals surface area (Å²) in [5.41, 5.74) is 6.06. The highest BCUT2D eigenvalue weighted by Gasteiger charge is 2.30. The monoisotopic (exact) mass is 415 g/mol. The zero-order chi connectivity index (χ0) is 14.8. The fourth-order valence-electron chi connectivity index (χ4n) is 2.66. The molecule has 1 fully saturated rings. The van der Waals surface area contributed by atoms with Crippen LogP contribution in [0, 0.1) is 3.57 Å². The normalized spacial score (nSPS) is 21.5. The Morgan fingerprint density at radius 2 is 1.90 bits per heavy atom. The van der Waals surface area contributed by atoms with E-state index in [-0.39, 0.29) is 6.04 Å². The summed E-state index contributed by atoms with van der Waals surface area (Å²) in [6.07, 6.45) is 8.07. The van der Waals surface area contributed by atoms with Crippen molar-refractivity contribution in [2.45, 2.75) is 31.3 Å². The average Bonchev–Trinajstić information content (AvgIpc) is 2.90. The molecule has 110 valence electrons. The van der Waals surface area contributed by atoms with Gasteiger partial charge in [-0.2, -0.15) is 0 Å². The molecule has 7 heteroatoms. The second-order valence-corrected chi connectivity index (χ2v) is 6.76. The van der Waals surface area contributed by atoms with Crippen LogP contribution in [0.5, 0.6) is 0 Å². The zero-order valence-corrected chi connectivity index (χ0v) is 14.2. The Bertz CT molecular complexity index is 558. The average molecular weight is 416 g/mol. The Morgan fingerprint density at radius 1 is 1.10 bits per heavy atom. The number of pyridine rings is 1. The first-order chi connectivity index (χ1) is 10.1. The van der Waals surface area contributed by atoms with Crippen LogP contribution in [0.1, 0.15) is 19.3 Å². The molecule has 21 heavy (non-hydrogen) atoms. The summed E-state index contributed by atoms with van der Waals surface area (Å²) in [6.45, 7) is 0. The van der Waals surface area contributed by atoms with Gasteiger partial charge in [-0.15, -0.1) is 0 Å². The number of hydrogen-bond donors (Lipinski definition) is 1. The minimum absolute atomic E-state index is 0.238. The van der Waals surface area contributed by atoms with Gasteiger partial charge in [0.2, 0.25) is 0 Å². The molecule has 1 aliphatic carbocycles. The summed E-state index contributed by atoms with van der Waals surface area (Å²) in [6, 6.07) is 4.57. The van der Waals surface area contributed by atoms with E-state index in [1.165, 1.54) is 0 Å². The molecular weight excluding hydrogens is 401 g/mol. The van der Waals surface area contributed by atoms with Gasteiger partial charge < -0.3 is 10.6 Å². The van der Waals surface area contributed by atoms with E-state index in [0.717, 1.165) is 34.5 Å². The summed E-state index contributed by atoms with van der Waals surface area (Å²) in [7, 11) is 0. The number of rotatable bonds is 3. The predicted octanol–water partition coefficient (Wildman–Crippen LogP) is 3.15. The van der Waals surface area contributed by atoms with Gasteiger partial charge in [-0.25, -0.2) is 15.0 Å². The number of halogens is 2. The third-order valence-electron chi connectivity index (χ3n) is 3.62. The maximum atomic E-state index is 6.06. The van der Waals surface area contributed by atoms with E-state index in [1.54, 1.807) is 12.4 Å². The third kappa shape index (κ3) is 3.44. The first-order valence-electron chi connectivity index (χ1n) is 6.77.